The predicted octanol–water partition coefficient (Wildman–Crippen LogP) is -1.95. The predicted molar refractivity (Wildman–Crippen MR) is 34.9 cm³/mol. The Morgan fingerprint density at radius 1 is 1.23 bits per heavy atom. The first-order chi connectivity index (χ1) is 5.92. The average Bonchev–Trinajstić information content (AvgIpc) is 2.12. The summed E-state index contributed by atoms with van der Waals surface area (Å²) in [5, 5.41) is 35.1. The lowest BCUT2D eigenvalue weighted by atomic mass is 9.98. The van der Waals surface area contributed by atoms with Crippen molar-refractivity contribution in [2.75, 3.05) is 6.61 Å². The van der Waals surface area contributed by atoms with E-state index in [1.54, 1.807) is 0 Å². The van der Waals surface area contributed by atoms with E-state index in [1.165, 1.54) is 0 Å². The van der Waals surface area contributed by atoms with Crippen LogP contribution in [0.2, 0.25) is 0 Å². The van der Waals surface area contributed by atoms with E-state index in [-0.39, 0.29) is 0 Å². The van der Waals surface area contributed by atoms with E-state index >= 15 is 0 Å². The van der Waals surface area contributed by atoms with Crippen molar-refractivity contribution in [1.29, 1.82) is 0 Å². The summed E-state index contributed by atoms with van der Waals surface area (Å²) in [5.41, 5.74) is 0. The molecule has 78 valence electrons. The van der Waals surface area contributed by atoms with Crippen LogP contribution in [0.3, 0.4) is 0 Å². The van der Waals surface area contributed by atoms with E-state index in [9.17, 15) is 8.78 Å². The SMILES string of the molecule is OC[C@@]1(F)O[C@H](F)[C@H](O)[C@@H](O)[C@@H]1O. The zero-order chi connectivity index (χ0) is 10.2. The molecule has 5 atom stereocenters. The molecule has 0 bridgehead atoms. The Kier molecular flexibility index (Phi) is 2.83. The van der Waals surface area contributed by atoms with Gasteiger partial charge in [-0.25, -0.2) is 8.78 Å². The molecule has 1 heterocycles. The Morgan fingerprint density at radius 2 is 1.77 bits per heavy atom. The molecular weight excluding hydrogens is 190 g/mol. The van der Waals surface area contributed by atoms with Crippen LogP contribution in [0.25, 0.3) is 0 Å². The maximum atomic E-state index is 13.1. The summed E-state index contributed by atoms with van der Waals surface area (Å²) in [6.07, 6.45) is -8.71. The van der Waals surface area contributed by atoms with Crippen molar-refractivity contribution in [3.05, 3.63) is 0 Å². The fraction of sp³-hybridized carbons (Fsp3) is 1.00. The fourth-order valence-electron chi connectivity index (χ4n) is 1.05. The molecule has 1 rings (SSSR count). The van der Waals surface area contributed by atoms with Gasteiger partial charge in [0.15, 0.2) is 0 Å². The second kappa shape index (κ2) is 3.43. The molecule has 4 N–H and O–H groups in total. The molecule has 5 nitrogen and oxygen atoms in total. The van der Waals surface area contributed by atoms with Gasteiger partial charge in [0.1, 0.15) is 24.9 Å². The summed E-state index contributed by atoms with van der Waals surface area (Å²) in [6.45, 7) is -1.31. The molecule has 0 aromatic heterocycles. The van der Waals surface area contributed by atoms with Crippen LogP contribution in [0, 0.1) is 0 Å². The summed E-state index contributed by atoms with van der Waals surface area (Å²) < 4.78 is 29.6. The number of hydrogen-bond acceptors (Lipinski definition) is 5. The maximum Gasteiger partial charge on any atom is 0.263 e. The molecule has 13 heavy (non-hydrogen) atoms. The van der Waals surface area contributed by atoms with Crippen LogP contribution in [0.1, 0.15) is 0 Å². The molecule has 0 aliphatic carbocycles. The number of halogens is 2. The molecule has 1 aliphatic heterocycles. The fourth-order valence-corrected chi connectivity index (χ4v) is 1.05. The Hall–Kier alpha value is -0.340. The summed E-state index contributed by atoms with van der Waals surface area (Å²) in [4.78, 5) is 0. The highest BCUT2D eigenvalue weighted by molar-refractivity contribution is 4.93. The van der Waals surface area contributed by atoms with Crippen LogP contribution in [0.15, 0.2) is 0 Å². The van der Waals surface area contributed by atoms with Crippen LogP contribution < -0.4 is 0 Å². The second-order valence-electron chi connectivity index (χ2n) is 2.84. The van der Waals surface area contributed by atoms with Gasteiger partial charge in [-0.1, -0.05) is 0 Å². The van der Waals surface area contributed by atoms with Crippen molar-refractivity contribution in [3.8, 4) is 0 Å². The minimum Gasteiger partial charge on any atom is -0.390 e. The third-order valence-corrected chi connectivity index (χ3v) is 1.91. The van der Waals surface area contributed by atoms with Gasteiger partial charge in [-0.3, -0.25) is 0 Å². The lowest BCUT2D eigenvalue weighted by Gasteiger charge is -2.40. The van der Waals surface area contributed by atoms with Crippen molar-refractivity contribution < 1.29 is 33.9 Å². The van der Waals surface area contributed by atoms with E-state index < -0.39 is 37.1 Å². The van der Waals surface area contributed by atoms with Crippen molar-refractivity contribution in [3.63, 3.8) is 0 Å². The van der Waals surface area contributed by atoms with E-state index in [0.29, 0.717) is 0 Å². The molecule has 7 heteroatoms. The molecule has 0 saturated carbocycles. The van der Waals surface area contributed by atoms with Crippen LogP contribution in [-0.4, -0.2) is 57.6 Å². The van der Waals surface area contributed by atoms with Gasteiger partial charge >= 0.3 is 0 Å². The van der Waals surface area contributed by atoms with Crippen LogP contribution in [-0.2, 0) is 4.74 Å². The molecule has 0 aromatic carbocycles. The minimum absolute atomic E-state index is 1.31. The Bertz CT molecular complexity index is 192. The van der Waals surface area contributed by atoms with Gasteiger partial charge in [-0.2, -0.15) is 0 Å². The van der Waals surface area contributed by atoms with Gasteiger partial charge in [0.05, 0.1) is 0 Å². The first kappa shape index (κ1) is 10.7. The molecule has 0 radical (unpaired) electrons. The van der Waals surface area contributed by atoms with Gasteiger partial charge in [-0.05, 0) is 0 Å². The maximum absolute atomic E-state index is 13.1. The summed E-state index contributed by atoms with van der Waals surface area (Å²) in [7, 11) is 0. The van der Waals surface area contributed by atoms with Crippen LogP contribution in [0.4, 0.5) is 8.78 Å². The summed E-state index contributed by atoms with van der Waals surface area (Å²) in [6, 6.07) is 0. The topological polar surface area (TPSA) is 90.2 Å². The monoisotopic (exact) mass is 200 g/mol. The molecule has 1 fully saturated rings. The van der Waals surface area contributed by atoms with Gasteiger partial charge in [0.2, 0.25) is 6.36 Å². The van der Waals surface area contributed by atoms with E-state index in [1.807, 2.05) is 0 Å². The Balaban J connectivity index is 2.82. The molecule has 0 unspecified atom stereocenters. The van der Waals surface area contributed by atoms with Crippen molar-refractivity contribution in [2.24, 2.45) is 0 Å². The molecule has 0 spiro atoms. The highest BCUT2D eigenvalue weighted by atomic mass is 19.2. The third kappa shape index (κ3) is 1.65. The van der Waals surface area contributed by atoms with E-state index in [2.05, 4.69) is 4.74 Å². The highest BCUT2D eigenvalue weighted by Crippen LogP contribution is 2.31. The first-order valence-corrected chi connectivity index (χ1v) is 3.58. The number of aliphatic hydroxyl groups is 4. The number of alkyl halides is 2. The standard InChI is InChI=1S/C6H10F2O5/c7-5-3(11)2(10)4(12)6(8,1-9)13-5/h2-5,9-12H,1H2/t2-,3-,4+,5+,6-/m1/s1. The average molecular weight is 200 g/mol. The quantitative estimate of drug-likeness (QED) is 0.395. The zero-order valence-electron chi connectivity index (χ0n) is 6.47. The van der Waals surface area contributed by atoms with Crippen LogP contribution >= 0.6 is 0 Å². The molecule has 0 amide bonds. The minimum atomic E-state index is -3.07. The number of rotatable bonds is 1. The molecule has 1 saturated heterocycles. The second-order valence-corrected chi connectivity index (χ2v) is 2.84. The van der Waals surface area contributed by atoms with Gasteiger partial charge in [0.25, 0.3) is 5.85 Å². The Morgan fingerprint density at radius 3 is 2.23 bits per heavy atom. The van der Waals surface area contributed by atoms with Crippen molar-refractivity contribution in [1.82, 2.24) is 0 Å². The molecular formula is C6H10F2O5. The number of ether oxygens (including phenoxy) is 1. The van der Waals surface area contributed by atoms with Gasteiger partial charge in [0, 0.05) is 0 Å². The summed E-state index contributed by atoms with van der Waals surface area (Å²) >= 11 is 0. The smallest absolute Gasteiger partial charge is 0.263 e. The highest BCUT2D eigenvalue weighted by Gasteiger charge is 2.54. The number of aliphatic hydroxyl groups excluding tert-OH is 4. The largest absolute Gasteiger partial charge is 0.390 e. The first-order valence-electron chi connectivity index (χ1n) is 3.58. The Labute approximate surface area is 72.2 Å². The van der Waals surface area contributed by atoms with E-state index in [0.717, 1.165) is 0 Å². The van der Waals surface area contributed by atoms with Crippen LogP contribution in [0.5, 0.6) is 0 Å². The molecule has 1 aliphatic rings. The van der Waals surface area contributed by atoms with Gasteiger partial charge in [-0.15, -0.1) is 0 Å². The summed E-state index contributed by atoms with van der Waals surface area (Å²) in [5.74, 6) is -3.07. The molecule has 0 aromatic rings. The van der Waals surface area contributed by atoms with Gasteiger partial charge < -0.3 is 25.2 Å². The van der Waals surface area contributed by atoms with Crippen molar-refractivity contribution >= 4 is 0 Å². The third-order valence-electron chi connectivity index (χ3n) is 1.91. The van der Waals surface area contributed by atoms with Crippen molar-refractivity contribution in [2.45, 2.75) is 30.5 Å². The number of hydrogen-bond donors (Lipinski definition) is 4. The normalized spacial score (nSPS) is 52.2. The zero-order valence-corrected chi connectivity index (χ0v) is 6.47. The lowest BCUT2D eigenvalue weighted by Crippen LogP contribution is -2.62. The lowest BCUT2D eigenvalue weighted by molar-refractivity contribution is -0.349. The van der Waals surface area contributed by atoms with E-state index in [4.69, 9.17) is 20.4 Å².